The van der Waals surface area contributed by atoms with Gasteiger partial charge < -0.3 is 24.8 Å². The molecule has 0 amide bonds. The first-order valence-corrected chi connectivity index (χ1v) is 18.8. The van der Waals surface area contributed by atoms with Gasteiger partial charge in [-0.05, 0) is 0 Å². The van der Waals surface area contributed by atoms with Crippen molar-refractivity contribution in [3.8, 4) is 11.1 Å². The minimum Gasteiger partial charge on any atom is -1.00 e. The van der Waals surface area contributed by atoms with Gasteiger partial charge in [-0.3, -0.25) is 0 Å². The average molecular weight is 671 g/mol. The third kappa shape index (κ3) is 5.54. The van der Waals surface area contributed by atoms with Gasteiger partial charge in [0, 0.05) is 0 Å². The molecule has 2 aliphatic carbocycles. The van der Waals surface area contributed by atoms with Crippen LogP contribution in [0.15, 0.2) is 117 Å². The van der Waals surface area contributed by atoms with Crippen LogP contribution < -0.4 is 24.8 Å². The van der Waals surface area contributed by atoms with E-state index in [-0.39, 0.29) is 24.8 Å². The van der Waals surface area contributed by atoms with E-state index in [4.69, 9.17) is 0 Å². The Bertz CT molecular complexity index is 1600. The molecule has 0 radical (unpaired) electrons. The summed E-state index contributed by atoms with van der Waals surface area (Å²) in [6.45, 7) is 14.2. The van der Waals surface area contributed by atoms with E-state index >= 15 is 0 Å². The number of fused-ring (bicyclic) bond motifs is 3. The fourth-order valence-corrected chi connectivity index (χ4v) is 17.4. The summed E-state index contributed by atoms with van der Waals surface area (Å²) in [5.41, 5.74) is 16.4. The first kappa shape index (κ1) is 32.6. The molecule has 0 nitrogen and oxygen atoms in total. The number of halogens is 2. The zero-order valence-electron chi connectivity index (χ0n) is 25.6. The van der Waals surface area contributed by atoms with Crippen LogP contribution in [-0.4, -0.2) is 3.21 Å². The Morgan fingerprint density at radius 2 is 1.07 bits per heavy atom. The van der Waals surface area contributed by atoms with E-state index in [1.54, 1.807) is 28.8 Å². The normalized spacial score (nSPS) is 15.4. The van der Waals surface area contributed by atoms with Gasteiger partial charge in [-0.25, -0.2) is 0 Å². The van der Waals surface area contributed by atoms with E-state index in [1.807, 2.05) is 0 Å². The molecular weight excluding hydrogens is 631 g/mol. The second-order valence-electron chi connectivity index (χ2n) is 11.6. The second-order valence-corrected chi connectivity index (χ2v) is 17.6. The van der Waals surface area contributed by atoms with Gasteiger partial charge in [0.25, 0.3) is 0 Å². The summed E-state index contributed by atoms with van der Waals surface area (Å²) in [6, 6.07) is 37.4. The quantitative estimate of drug-likeness (QED) is 0.291. The van der Waals surface area contributed by atoms with Gasteiger partial charge in [0.1, 0.15) is 0 Å². The number of aryl methyl sites for hydroxylation is 2. The number of allylic oxidation sites excluding steroid dienone is 4. The van der Waals surface area contributed by atoms with Crippen molar-refractivity contribution in [3.05, 3.63) is 150 Å². The molecule has 2 aliphatic rings. The van der Waals surface area contributed by atoms with Crippen molar-refractivity contribution in [3.63, 3.8) is 0 Å². The number of rotatable bonds is 6. The van der Waals surface area contributed by atoms with Crippen LogP contribution in [0.25, 0.3) is 11.1 Å². The van der Waals surface area contributed by atoms with E-state index < -0.39 is 21.3 Å². The topological polar surface area (TPSA) is 0 Å². The number of hydrogen-bond donors (Lipinski definition) is 0. The molecule has 0 fully saturated rings. The fourth-order valence-electron chi connectivity index (χ4n) is 7.03. The SMILES string of the molecule is CCc1ccc2c(c1)[CH]([Zr+2]([C]1=C(C)C(C)=C(C)C1C)=[C](c1ccccc1)c1ccccc1)c1cc(CC)ccc1-2.[Cl-].[Cl-]. The maximum Gasteiger partial charge on any atom is -1.00 e. The van der Waals surface area contributed by atoms with Crippen molar-refractivity contribution >= 4 is 3.21 Å². The molecule has 0 aliphatic heterocycles. The van der Waals surface area contributed by atoms with Gasteiger partial charge in [0.05, 0.1) is 0 Å². The van der Waals surface area contributed by atoms with Crippen molar-refractivity contribution in [1.29, 1.82) is 0 Å². The second kappa shape index (κ2) is 13.6. The van der Waals surface area contributed by atoms with E-state index in [9.17, 15) is 0 Å². The first-order chi connectivity index (χ1) is 19.4. The van der Waals surface area contributed by atoms with Crippen LogP contribution in [0.1, 0.15) is 78.5 Å². The zero-order chi connectivity index (χ0) is 28.0. The smallest absolute Gasteiger partial charge is 1.00 e. The Balaban J connectivity index is 0.00000202. The molecule has 0 spiro atoms. The molecule has 0 bridgehead atoms. The van der Waals surface area contributed by atoms with E-state index in [0.29, 0.717) is 9.54 Å². The molecule has 0 heterocycles. The molecule has 1 atom stereocenters. The van der Waals surface area contributed by atoms with Gasteiger partial charge >= 0.3 is 250 Å². The van der Waals surface area contributed by atoms with Crippen LogP contribution in [0.5, 0.6) is 0 Å². The van der Waals surface area contributed by atoms with Crippen molar-refractivity contribution in [1.82, 2.24) is 0 Å². The summed E-state index contributed by atoms with van der Waals surface area (Å²) in [7, 11) is 0. The van der Waals surface area contributed by atoms with Gasteiger partial charge in [-0.1, -0.05) is 0 Å². The first-order valence-electron chi connectivity index (χ1n) is 14.9. The maximum atomic E-state index is 2.57. The van der Waals surface area contributed by atoms with Crippen molar-refractivity contribution < 1.29 is 46.1 Å². The Morgan fingerprint density at radius 1 is 0.619 bits per heavy atom. The summed E-state index contributed by atoms with van der Waals surface area (Å²) in [5, 5.41) is 0. The standard InChI is InChI=1S/C17H17.C13H10.C9H13.2ClH.Zr/c1-3-12-5-7-16-14(9-12)11-15-10-13(4-2)6-8-17(15)16;1-3-7-12(8-4-1)11-13-9-5-2-6-10-13;1-6-5-7(2)9(4)8(6)3;;;/h5-11H,3-4H2,1-2H3;1-10H;6H,1-4H3;2*1H;/q;;;;;+2/p-2. The molecule has 214 valence electrons. The third-order valence-corrected chi connectivity index (χ3v) is 18.7. The molecule has 0 N–H and O–H groups in total. The minimum absolute atomic E-state index is 0. The minimum atomic E-state index is -2.75. The van der Waals surface area contributed by atoms with Crippen molar-refractivity contribution in [2.75, 3.05) is 0 Å². The molecule has 0 aromatic heterocycles. The predicted octanol–water partition coefficient (Wildman–Crippen LogP) is 4.04. The van der Waals surface area contributed by atoms with Crippen molar-refractivity contribution in [2.45, 2.75) is 58.0 Å². The van der Waals surface area contributed by atoms with Gasteiger partial charge in [-0.2, -0.15) is 0 Å². The molecule has 42 heavy (non-hydrogen) atoms. The monoisotopic (exact) mass is 668 g/mol. The summed E-state index contributed by atoms with van der Waals surface area (Å²) in [4.78, 5) is 0. The molecule has 1 unspecified atom stereocenters. The Kier molecular flexibility index (Phi) is 10.5. The molecule has 3 heteroatoms. The maximum absolute atomic E-state index is 2.75. The average Bonchev–Trinajstić information content (AvgIpc) is 3.41. The third-order valence-electron chi connectivity index (χ3n) is 9.57. The number of hydrogen-bond acceptors (Lipinski definition) is 0. The van der Waals surface area contributed by atoms with E-state index in [2.05, 4.69) is 139 Å². The summed E-state index contributed by atoms with van der Waals surface area (Å²) in [5.74, 6) is 0.494. The summed E-state index contributed by atoms with van der Waals surface area (Å²) < 4.78 is 3.87. The van der Waals surface area contributed by atoms with E-state index in [1.165, 1.54) is 39.0 Å². The zero-order valence-corrected chi connectivity index (χ0v) is 29.5. The Morgan fingerprint density at radius 3 is 1.45 bits per heavy atom. The Hall–Kier alpha value is -2.31. The molecule has 4 aromatic carbocycles. The molecule has 6 rings (SSSR count). The fraction of sp³-hybridized carbons (Fsp3) is 0.256. The van der Waals surface area contributed by atoms with Gasteiger partial charge in [0.2, 0.25) is 0 Å². The van der Waals surface area contributed by atoms with Crippen molar-refractivity contribution in [2.24, 2.45) is 5.92 Å². The molecule has 0 saturated heterocycles. The molecule has 0 saturated carbocycles. The summed E-state index contributed by atoms with van der Waals surface area (Å²) >= 11 is -2.75. The predicted molar refractivity (Wildman–Crippen MR) is 169 cm³/mol. The van der Waals surface area contributed by atoms with Crippen LogP contribution in [0.3, 0.4) is 0 Å². The Labute approximate surface area is 273 Å². The van der Waals surface area contributed by atoms with Crippen LogP contribution in [0, 0.1) is 5.92 Å². The van der Waals surface area contributed by atoms with Crippen LogP contribution >= 0.6 is 0 Å². The van der Waals surface area contributed by atoms with Crippen LogP contribution in [-0.2, 0) is 34.1 Å². The van der Waals surface area contributed by atoms with Crippen LogP contribution in [0.2, 0.25) is 0 Å². The largest absolute Gasteiger partial charge is 1.00 e. The molecule has 4 aromatic rings. The number of benzene rings is 4. The summed E-state index contributed by atoms with van der Waals surface area (Å²) in [6.07, 6.45) is 2.14. The van der Waals surface area contributed by atoms with Crippen LogP contribution in [0.4, 0.5) is 0 Å². The van der Waals surface area contributed by atoms with E-state index in [0.717, 1.165) is 12.8 Å². The van der Waals surface area contributed by atoms with Gasteiger partial charge in [-0.15, -0.1) is 0 Å². The molecular formula is C39H40Cl2Zr. The van der Waals surface area contributed by atoms with Gasteiger partial charge in [0.15, 0.2) is 0 Å².